The van der Waals surface area contributed by atoms with Crippen molar-refractivity contribution in [2.75, 3.05) is 19.6 Å². The zero-order chi connectivity index (χ0) is 12.0. The topological polar surface area (TPSA) is 24.1 Å². The number of nitrogens with one attached hydrogen (secondary N) is 2. The van der Waals surface area contributed by atoms with Crippen molar-refractivity contribution >= 4 is 0 Å². The zero-order valence-corrected chi connectivity index (χ0v) is 11.6. The number of hydrogen-bond donors (Lipinski definition) is 2. The van der Waals surface area contributed by atoms with E-state index in [2.05, 4.69) is 17.6 Å². The van der Waals surface area contributed by atoms with Crippen LogP contribution in [0.4, 0.5) is 0 Å². The lowest BCUT2D eigenvalue weighted by Crippen LogP contribution is -2.48. The Balaban J connectivity index is 1.79. The summed E-state index contributed by atoms with van der Waals surface area (Å²) in [5.41, 5.74) is 0.560. The molecule has 1 atom stereocenters. The van der Waals surface area contributed by atoms with Crippen molar-refractivity contribution in [2.24, 2.45) is 5.41 Å². The van der Waals surface area contributed by atoms with Gasteiger partial charge < -0.3 is 10.6 Å². The normalized spacial score (nSPS) is 31.6. The summed E-state index contributed by atoms with van der Waals surface area (Å²) in [7, 11) is 0. The number of rotatable bonds is 5. The van der Waals surface area contributed by atoms with Crippen LogP contribution in [0.25, 0.3) is 0 Å². The van der Waals surface area contributed by atoms with E-state index in [1.165, 1.54) is 77.4 Å². The molecule has 2 heteroatoms. The van der Waals surface area contributed by atoms with Gasteiger partial charge in [0, 0.05) is 19.1 Å². The van der Waals surface area contributed by atoms with E-state index in [1.54, 1.807) is 0 Å². The second-order valence-corrected chi connectivity index (χ2v) is 6.25. The summed E-state index contributed by atoms with van der Waals surface area (Å²) in [6.07, 6.45) is 12.7. The Morgan fingerprint density at radius 3 is 2.65 bits per heavy atom. The molecule has 17 heavy (non-hydrogen) atoms. The van der Waals surface area contributed by atoms with Gasteiger partial charge in [0.25, 0.3) is 0 Å². The van der Waals surface area contributed by atoms with Crippen LogP contribution in [-0.2, 0) is 0 Å². The van der Waals surface area contributed by atoms with Crippen molar-refractivity contribution in [1.82, 2.24) is 10.6 Å². The minimum Gasteiger partial charge on any atom is -0.316 e. The molecule has 0 radical (unpaired) electrons. The van der Waals surface area contributed by atoms with Crippen molar-refractivity contribution in [3.05, 3.63) is 0 Å². The lowest BCUT2D eigenvalue weighted by Gasteiger charge is -2.39. The minimum absolute atomic E-state index is 0.560. The van der Waals surface area contributed by atoms with E-state index in [0.717, 1.165) is 6.04 Å². The number of piperidine rings is 1. The fraction of sp³-hybridized carbons (Fsp3) is 1.00. The van der Waals surface area contributed by atoms with Gasteiger partial charge in [-0.2, -0.15) is 0 Å². The van der Waals surface area contributed by atoms with E-state index < -0.39 is 0 Å². The molecule has 2 nitrogen and oxygen atoms in total. The predicted molar refractivity (Wildman–Crippen MR) is 74.3 cm³/mol. The minimum atomic E-state index is 0.560. The Morgan fingerprint density at radius 2 is 2.00 bits per heavy atom. The third kappa shape index (κ3) is 3.96. The van der Waals surface area contributed by atoms with Crippen LogP contribution < -0.4 is 10.6 Å². The van der Waals surface area contributed by atoms with E-state index >= 15 is 0 Å². The van der Waals surface area contributed by atoms with Crippen molar-refractivity contribution in [3.8, 4) is 0 Å². The van der Waals surface area contributed by atoms with Crippen molar-refractivity contribution in [3.63, 3.8) is 0 Å². The lowest BCUT2D eigenvalue weighted by molar-refractivity contribution is 0.170. The SMILES string of the molecule is CCCC1(CNC2CCCCC2)CCCNC1. The molecule has 0 aromatic rings. The summed E-state index contributed by atoms with van der Waals surface area (Å²) < 4.78 is 0. The maximum Gasteiger partial charge on any atom is 0.00673 e. The van der Waals surface area contributed by atoms with Crippen molar-refractivity contribution < 1.29 is 0 Å². The lowest BCUT2D eigenvalue weighted by atomic mass is 9.76. The highest BCUT2D eigenvalue weighted by atomic mass is 15.0. The quantitative estimate of drug-likeness (QED) is 0.769. The third-order valence-corrected chi connectivity index (χ3v) is 4.71. The Bertz CT molecular complexity index is 197. The highest BCUT2D eigenvalue weighted by molar-refractivity contribution is 4.88. The van der Waals surface area contributed by atoms with Gasteiger partial charge in [-0.3, -0.25) is 0 Å². The maximum absolute atomic E-state index is 3.88. The van der Waals surface area contributed by atoms with Gasteiger partial charge in [0.15, 0.2) is 0 Å². The van der Waals surface area contributed by atoms with Crippen LogP contribution in [0.2, 0.25) is 0 Å². The molecular formula is C15H30N2. The van der Waals surface area contributed by atoms with Gasteiger partial charge in [0.2, 0.25) is 0 Å². The van der Waals surface area contributed by atoms with Crippen LogP contribution in [0, 0.1) is 5.41 Å². The fourth-order valence-corrected chi connectivity index (χ4v) is 3.68. The first kappa shape index (κ1) is 13.4. The Kier molecular flexibility index (Phi) is 5.30. The highest BCUT2D eigenvalue weighted by Crippen LogP contribution is 2.31. The van der Waals surface area contributed by atoms with Crippen molar-refractivity contribution in [2.45, 2.75) is 70.8 Å². The van der Waals surface area contributed by atoms with Crippen molar-refractivity contribution in [1.29, 1.82) is 0 Å². The standard InChI is InChI=1S/C15H30N2/c1-2-9-15(10-6-11-16-12-15)13-17-14-7-4-3-5-8-14/h14,16-17H,2-13H2,1H3. The van der Waals surface area contributed by atoms with Crippen LogP contribution in [0.5, 0.6) is 0 Å². The van der Waals surface area contributed by atoms with E-state index in [4.69, 9.17) is 0 Å². The van der Waals surface area contributed by atoms with E-state index in [9.17, 15) is 0 Å². The molecule has 0 bridgehead atoms. The molecule has 100 valence electrons. The van der Waals surface area contributed by atoms with Crippen LogP contribution >= 0.6 is 0 Å². The second-order valence-electron chi connectivity index (χ2n) is 6.25. The number of hydrogen-bond acceptors (Lipinski definition) is 2. The molecule has 1 aliphatic carbocycles. The summed E-state index contributed by atoms with van der Waals surface area (Å²) in [5, 5.41) is 7.49. The third-order valence-electron chi connectivity index (χ3n) is 4.71. The first-order valence-corrected chi connectivity index (χ1v) is 7.79. The average molecular weight is 238 g/mol. The molecule has 1 aliphatic heterocycles. The molecule has 0 amide bonds. The predicted octanol–water partition coefficient (Wildman–Crippen LogP) is 3.08. The molecular weight excluding hydrogens is 208 g/mol. The molecule has 1 saturated carbocycles. The summed E-state index contributed by atoms with van der Waals surface area (Å²) >= 11 is 0. The molecule has 2 aliphatic rings. The summed E-state index contributed by atoms with van der Waals surface area (Å²) in [6.45, 7) is 6.05. The second kappa shape index (κ2) is 6.75. The molecule has 0 spiro atoms. The Hall–Kier alpha value is -0.0800. The summed E-state index contributed by atoms with van der Waals surface area (Å²) in [5.74, 6) is 0. The average Bonchev–Trinajstić information content (AvgIpc) is 2.39. The fourth-order valence-electron chi connectivity index (χ4n) is 3.68. The van der Waals surface area contributed by atoms with Gasteiger partial charge in [-0.1, -0.05) is 32.6 Å². The monoisotopic (exact) mass is 238 g/mol. The first-order valence-electron chi connectivity index (χ1n) is 7.79. The molecule has 0 aromatic heterocycles. The van der Waals surface area contributed by atoms with E-state index in [-0.39, 0.29) is 0 Å². The maximum atomic E-state index is 3.88. The van der Waals surface area contributed by atoms with Crippen LogP contribution in [0.3, 0.4) is 0 Å². The van der Waals surface area contributed by atoms with Gasteiger partial charge in [0.05, 0.1) is 0 Å². The Labute approximate surface area is 107 Å². The van der Waals surface area contributed by atoms with Gasteiger partial charge in [0.1, 0.15) is 0 Å². The molecule has 2 N–H and O–H groups in total. The van der Waals surface area contributed by atoms with Crippen LogP contribution in [0.1, 0.15) is 64.7 Å². The van der Waals surface area contributed by atoms with Gasteiger partial charge in [-0.05, 0) is 44.1 Å². The smallest absolute Gasteiger partial charge is 0.00673 e. The molecule has 2 rings (SSSR count). The summed E-state index contributed by atoms with van der Waals surface area (Å²) in [4.78, 5) is 0. The first-order chi connectivity index (χ1) is 8.35. The highest BCUT2D eigenvalue weighted by Gasteiger charge is 2.31. The largest absolute Gasteiger partial charge is 0.316 e. The summed E-state index contributed by atoms with van der Waals surface area (Å²) in [6, 6.07) is 0.819. The van der Waals surface area contributed by atoms with Gasteiger partial charge in [-0.25, -0.2) is 0 Å². The Morgan fingerprint density at radius 1 is 1.18 bits per heavy atom. The molecule has 1 heterocycles. The van der Waals surface area contributed by atoms with Gasteiger partial charge in [-0.15, -0.1) is 0 Å². The zero-order valence-electron chi connectivity index (χ0n) is 11.6. The molecule has 0 aromatic carbocycles. The molecule has 1 saturated heterocycles. The van der Waals surface area contributed by atoms with E-state index in [1.807, 2.05) is 0 Å². The van der Waals surface area contributed by atoms with Crippen LogP contribution in [-0.4, -0.2) is 25.7 Å². The van der Waals surface area contributed by atoms with E-state index in [0.29, 0.717) is 5.41 Å². The van der Waals surface area contributed by atoms with Crippen LogP contribution in [0.15, 0.2) is 0 Å². The molecule has 1 unspecified atom stereocenters. The van der Waals surface area contributed by atoms with Gasteiger partial charge >= 0.3 is 0 Å². The molecule has 2 fully saturated rings.